The molecule has 0 fully saturated rings. The summed E-state index contributed by atoms with van der Waals surface area (Å²) >= 11 is 1.16. The largest absolute Gasteiger partial charge is 0.496 e. The molecule has 0 saturated carbocycles. The number of nitriles is 1. The normalized spacial score (nSPS) is 12.2. The van der Waals surface area contributed by atoms with Crippen molar-refractivity contribution in [1.29, 1.82) is 5.26 Å². The van der Waals surface area contributed by atoms with Crippen LogP contribution in [0.4, 0.5) is 4.39 Å². The third-order valence-corrected chi connectivity index (χ3v) is 6.54. The molecule has 13 heteroatoms. The minimum atomic E-state index is -0.960. The van der Waals surface area contributed by atoms with Gasteiger partial charge in [-0.3, -0.25) is 14.2 Å². The van der Waals surface area contributed by atoms with Crippen LogP contribution in [-0.4, -0.2) is 47.7 Å². The van der Waals surface area contributed by atoms with E-state index in [1.54, 1.807) is 31.4 Å². The number of ether oxygens (including phenoxy) is 2. The summed E-state index contributed by atoms with van der Waals surface area (Å²) in [6, 6.07) is 9.10. The second kappa shape index (κ2) is 13.7. The monoisotopic (exact) mass is 571 g/mol. The van der Waals surface area contributed by atoms with Gasteiger partial charge in [0.05, 0.1) is 48.9 Å². The molecule has 0 saturated heterocycles. The first-order valence-corrected chi connectivity index (χ1v) is 13.2. The molecule has 11 nitrogen and oxygen atoms in total. The van der Waals surface area contributed by atoms with Crippen molar-refractivity contribution >= 4 is 23.0 Å². The number of halogens is 1. The zero-order chi connectivity index (χ0) is 29.4. The Balaban J connectivity index is 2.20. The van der Waals surface area contributed by atoms with Crippen LogP contribution in [0, 0.1) is 17.1 Å². The topological polar surface area (TPSA) is 128 Å². The molecule has 0 spiro atoms. The Hall–Kier alpha value is -4.28. The van der Waals surface area contributed by atoms with E-state index >= 15 is 0 Å². The fourth-order valence-electron chi connectivity index (χ4n) is 3.74. The Morgan fingerprint density at radius 2 is 2.02 bits per heavy atom. The average molecular weight is 572 g/mol. The molecule has 0 N–H and O–H groups in total. The van der Waals surface area contributed by atoms with Crippen LogP contribution in [0.2, 0.25) is 0 Å². The first kappa shape index (κ1) is 30.3. The number of carbonyl (C=O) groups excluding carboxylic acids is 1. The number of benzene rings is 1. The van der Waals surface area contributed by atoms with Crippen LogP contribution in [0.15, 0.2) is 56.7 Å². The molecule has 1 aromatic carbocycles. The highest BCUT2D eigenvalue weighted by Crippen LogP contribution is 2.30. The van der Waals surface area contributed by atoms with Crippen molar-refractivity contribution in [2.45, 2.75) is 45.9 Å². The van der Waals surface area contributed by atoms with Crippen molar-refractivity contribution in [2.24, 2.45) is 5.16 Å². The van der Waals surface area contributed by atoms with E-state index in [0.717, 1.165) is 16.3 Å². The number of nitrogens with zero attached hydrogens (tertiary/aromatic N) is 5. The van der Waals surface area contributed by atoms with E-state index in [1.807, 2.05) is 6.07 Å². The minimum absolute atomic E-state index is 0.00642. The SMILES string of the molecule is COc1ccc(F)cc1C(Cn1cc(/C(C)=N/OC(C)C)c(=O)n(N(C)C(=O)c2cccs2)c1=O)OCCC#N. The summed E-state index contributed by atoms with van der Waals surface area (Å²) in [6.45, 7) is 4.84. The molecule has 0 aliphatic heterocycles. The van der Waals surface area contributed by atoms with E-state index in [9.17, 15) is 18.8 Å². The second-order valence-electron chi connectivity index (χ2n) is 8.89. The predicted molar refractivity (Wildman–Crippen MR) is 148 cm³/mol. The summed E-state index contributed by atoms with van der Waals surface area (Å²) in [5.74, 6) is -0.824. The Labute approximate surface area is 234 Å². The van der Waals surface area contributed by atoms with Gasteiger partial charge in [-0.15, -0.1) is 11.3 Å². The van der Waals surface area contributed by atoms with Gasteiger partial charge in [0.1, 0.15) is 23.8 Å². The second-order valence-corrected chi connectivity index (χ2v) is 9.83. The number of aromatic nitrogens is 2. The van der Waals surface area contributed by atoms with Crippen molar-refractivity contribution in [2.75, 3.05) is 25.8 Å². The first-order valence-electron chi connectivity index (χ1n) is 12.3. The van der Waals surface area contributed by atoms with Crippen molar-refractivity contribution in [3.05, 3.63) is 84.6 Å². The smallest absolute Gasteiger partial charge is 0.350 e. The van der Waals surface area contributed by atoms with Crippen molar-refractivity contribution in [1.82, 2.24) is 9.24 Å². The number of amides is 1. The van der Waals surface area contributed by atoms with E-state index in [2.05, 4.69) is 5.16 Å². The maximum absolute atomic E-state index is 14.3. The Morgan fingerprint density at radius 1 is 1.27 bits per heavy atom. The van der Waals surface area contributed by atoms with Crippen LogP contribution in [0.3, 0.4) is 0 Å². The third kappa shape index (κ3) is 7.02. The highest BCUT2D eigenvalue weighted by molar-refractivity contribution is 7.12. The number of methoxy groups -OCH3 is 1. The van der Waals surface area contributed by atoms with E-state index in [4.69, 9.17) is 19.6 Å². The Kier molecular flexibility index (Phi) is 10.4. The van der Waals surface area contributed by atoms with Gasteiger partial charge >= 0.3 is 5.69 Å². The van der Waals surface area contributed by atoms with Crippen LogP contribution in [-0.2, 0) is 16.1 Å². The van der Waals surface area contributed by atoms with Crippen molar-refractivity contribution < 1.29 is 23.5 Å². The quantitative estimate of drug-likeness (QED) is 0.185. The molecule has 1 unspecified atom stereocenters. The number of hydrogen-bond acceptors (Lipinski definition) is 9. The molecular weight excluding hydrogens is 541 g/mol. The molecule has 2 aromatic heterocycles. The molecule has 2 heterocycles. The summed E-state index contributed by atoms with van der Waals surface area (Å²) in [7, 11) is 2.72. The molecule has 0 radical (unpaired) electrons. The molecular formula is C27H30FN5O6S. The van der Waals surface area contributed by atoms with E-state index in [-0.39, 0.29) is 37.0 Å². The van der Waals surface area contributed by atoms with Crippen molar-refractivity contribution in [3.63, 3.8) is 0 Å². The number of oxime groups is 1. The lowest BCUT2D eigenvalue weighted by molar-refractivity contribution is 0.0410. The highest BCUT2D eigenvalue weighted by atomic mass is 32.1. The first-order chi connectivity index (χ1) is 19.1. The van der Waals surface area contributed by atoms with Gasteiger partial charge in [0.25, 0.3) is 11.5 Å². The zero-order valence-electron chi connectivity index (χ0n) is 22.8. The van der Waals surface area contributed by atoms with Crippen LogP contribution in [0.1, 0.15) is 54.1 Å². The minimum Gasteiger partial charge on any atom is -0.496 e. The van der Waals surface area contributed by atoms with Gasteiger partial charge in [0.15, 0.2) is 0 Å². The molecule has 3 rings (SSSR count). The standard InChI is InChI=1S/C27H30FN5O6S/c1-17(2)39-30-18(3)21-15-32(27(36)33(25(21)34)31(4)26(35)24-8-6-13-40-24)16-23(38-12-7-11-29)20-14-19(28)9-10-22(20)37-5/h6,8-10,13-15,17,23H,7,12,16H2,1-5H3/b30-18+. The molecule has 1 amide bonds. The summed E-state index contributed by atoms with van der Waals surface area (Å²) in [5.41, 5.74) is -1.17. The van der Waals surface area contributed by atoms with Gasteiger partial charge < -0.3 is 14.3 Å². The van der Waals surface area contributed by atoms with Crippen molar-refractivity contribution in [3.8, 4) is 11.8 Å². The van der Waals surface area contributed by atoms with Crippen LogP contribution >= 0.6 is 11.3 Å². The molecule has 1 atom stereocenters. The van der Waals surface area contributed by atoms with Gasteiger partial charge in [0.2, 0.25) is 0 Å². The summed E-state index contributed by atoms with van der Waals surface area (Å²) in [4.78, 5) is 46.0. The fourth-order valence-corrected chi connectivity index (χ4v) is 4.43. The number of rotatable bonds is 12. The highest BCUT2D eigenvalue weighted by Gasteiger charge is 2.25. The van der Waals surface area contributed by atoms with Gasteiger partial charge in [-0.2, -0.15) is 9.94 Å². The molecule has 0 aliphatic rings. The predicted octanol–water partition coefficient (Wildman–Crippen LogP) is 3.45. The number of carbonyl (C=O) groups is 1. The van der Waals surface area contributed by atoms with Crippen LogP contribution < -0.4 is 21.0 Å². The lowest BCUT2D eigenvalue weighted by atomic mass is 10.1. The lowest BCUT2D eigenvalue weighted by Crippen LogP contribution is -2.54. The maximum Gasteiger partial charge on any atom is 0.350 e. The average Bonchev–Trinajstić information content (AvgIpc) is 3.47. The summed E-state index contributed by atoms with van der Waals surface area (Å²) in [5, 5.41) is 15.6. The zero-order valence-corrected chi connectivity index (χ0v) is 23.6. The van der Waals surface area contributed by atoms with E-state index in [1.165, 1.54) is 50.0 Å². The number of thiophene rings is 1. The van der Waals surface area contributed by atoms with Crippen LogP contribution in [0.25, 0.3) is 0 Å². The summed E-state index contributed by atoms with van der Waals surface area (Å²) in [6.07, 6.45) is 0.103. The van der Waals surface area contributed by atoms with Gasteiger partial charge in [-0.05, 0) is 50.4 Å². The lowest BCUT2D eigenvalue weighted by Gasteiger charge is -2.24. The molecule has 3 aromatic rings. The maximum atomic E-state index is 14.3. The molecule has 212 valence electrons. The molecule has 0 bridgehead atoms. The van der Waals surface area contributed by atoms with Gasteiger partial charge in [-0.25, -0.2) is 14.2 Å². The number of hydrogen-bond donors (Lipinski definition) is 0. The van der Waals surface area contributed by atoms with E-state index < -0.39 is 29.1 Å². The third-order valence-electron chi connectivity index (χ3n) is 5.68. The van der Waals surface area contributed by atoms with Crippen LogP contribution in [0.5, 0.6) is 5.75 Å². The summed E-state index contributed by atoms with van der Waals surface area (Å²) < 4.78 is 27.4. The van der Waals surface area contributed by atoms with E-state index in [0.29, 0.717) is 20.9 Å². The Morgan fingerprint density at radius 3 is 2.65 bits per heavy atom. The molecule has 0 aliphatic carbocycles. The van der Waals surface area contributed by atoms with Gasteiger partial charge in [0, 0.05) is 18.8 Å². The fraction of sp³-hybridized carbons (Fsp3) is 0.370. The van der Waals surface area contributed by atoms with Gasteiger partial charge in [-0.1, -0.05) is 11.2 Å². The Bertz CT molecular complexity index is 1520. The molecule has 40 heavy (non-hydrogen) atoms.